The molecular weight excluding hydrogens is 284 g/mol. The maximum Gasteiger partial charge on any atom is 0.237 e. The summed E-state index contributed by atoms with van der Waals surface area (Å²) in [5.74, 6) is 0.338. The van der Waals surface area contributed by atoms with E-state index in [1.807, 2.05) is 0 Å². The first-order valence-electron chi connectivity index (χ1n) is 9.24. The van der Waals surface area contributed by atoms with E-state index in [1.54, 1.807) is 0 Å². The number of piperidine rings is 1. The van der Waals surface area contributed by atoms with Gasteiger partial charge in [-0.2, -0.15) is 0 Å². The molecule has 0 bridgehead atoms. The Morgan fingerprint density at radius 3 is 2.43 bits per heavy atom. The van der Waals surface area contributed by atoms with Crippen molar-refractivity contribution in [1.82, 2.24) is 9.80 Å². The van der Waals surface area contributed by atoms with E-state index >= 15 is 0 Å². The van der Waals surface area contributed by atoms with Crippen LogP contribution in [0.15, 0.2) is 30.3 Å². The minimum Gasteiger partial charge on any atom is -0.336 e. The number of likely N-dealkylation sites (tertiary alicyclic amines) is 2. The molecule has 0 N–H and O–H groups in total. The highest BCUT2D eigenvalue weighted by Gasteiger charge is 2.32. The Bertz CT molecular complexity index is 506. The molecule has 3 nitrogen and oxygen atoms in total. The number of rotatable bonds is 4. The zero-order valence-electron chi connectivity index (χ0n) is 14.6. The fraction of sp³-hybridized carbons (Fsp3) is 0.650. The van der Waals surface area contributed by atoms with Crippen molar-refractivity contribution in [3.8, 4) is 0 Å². The third kappa shape index (κ3) is 3.95. The van der Waals surface area contributed by atoms with Gasteiger partial charge in [-0.05, 0) is 64.5 Å². The van der Waals surface area contributed by atoms with Gasteiger partial charge in [0.2, 0.25) is 5.91 Å². The Hall–Kier alpha value is -1.35. The summed E-state index contributed by atoms with van der Waals surface area (Å²) in [7, 11) is 0. The van der Waals surface area contributed by atoms with Crippen LogP contribution in [0.3, 0.4) is 0 Å². The standard InChI is InChI=1S/C20H30N2O/c1-16-8-6-9-17(2)22(16)20(23)15-21-13-7-12-19(21)14-18-10-4-3-5-11-18/h3-5,10-11,16-17,19H,6-9,12-15H2,1-2H3/t16-,17+,19-/m0/s1. The zero-order chi connectivity index (χ0) is 16.2. The molecule has 1 amide bonds. The number of amides is 1. The summed E-state index contributed by atoms with van der Waals surface area (Å²) in [5, 5.41) is 0. The third-order valence-electron chi connectivity index (χ3n) is 5.63. The fourth-order valence-corrected chi connectivity index (χ4v) is 4.39. The summed E-state index contributed by atoms with van der Waals surface area (Å²) < 4.78 is 0. The summed E-state index contributed by atoms with van der Waals surface area (Å²) in [6.45, 7) is 6.09. The van der Waals surface area contributed by atoms with Crippen LogP contribution in [-0.2, 0) is 11.2 Å². The van der Waals surface area contributed by atoms with Gasteiger partial charge in [-0.25, -0.2) is 0 Å². The van der Waals surface area contributed by atoms with Crippen LogP contribution in [0.5, 0.6) is 0 Å². The number of nitrogens with zero attached hydrogens (tertiary/aromatic N) is 2. The van der Waals surface area contributed by atoms with Gasteiger partial charge in [0.15, 0.2) is 0 Å². The van der Waals surface area contributed by atoms with E-state index in [-0.39, 0.29) is 0 Å². The summed E-state index contributed by atoms with van der Waals surface area (Å²) in [4.78, 5) is 17.4. The van der Waals surface area contributed by atoms with Gasteiger partial charge in [0.25, 0.3) is 0 Å². The quantitative estimate of drug-likeness (QED) is 0.849. The molecule has 23 heavy (non-hydrogen) atoms. The van der Waals surface area contributed by atoms with Crippen LogP contribution >= 0.6 is 0 Å². The smallest absolute Gasteiger partial charge is 0.237 e. The van der Waals surface area contributed by atoms with Crippen molar-refractivity contribution in [1.29, 1.82) is 0 Å². The van der Waals surface area contributed by atoms with Gasteiger partial charge in [0.1, 0.15) is 0 Å². The molecule has 0 aliphatic carbocycles. The number of carbonyl (C=O) groups is 1. The lowest BCUT2D eigenvalue weighted by atomic mass is 9.97. The van der Waals surface area contributed by atoms with Gasteiger partial charge in [0, 0.05) is 18.1 Å². The molecule has 1 aromatic carbocycles. The van der Waals surface area contributed by atoms with Crippen molar-refractivity contribution in [3.05, 3.63) is 35.9 Å². The Morgan fingerprint density at radius 2 is 1.74 bits per heavy atom. The predicted octanol–water partition coefficient (Wildman–Crippen LogP) is 3.48. The lowest BCUT2D eigenvalue weighted by Gasteiger charge is -2.40. The molecular formula is C20H30N2O. The molecule has 3 atom stereocenters. The molecule has 0 radical (unpaired) electrons. The monoisotopic (exact) mass is 314 g/mol. The van der Waals surface area contributed by atoms with Crippen LogP contribution < -0.4 is 0 Å². The van der Waals surface area contributed by atoms with Crippen LogP contribution in [0.4, 0.5) is 0 Å². The molecule has 0 aromatic heterocycles. The van der Waals surface area contributed by atoms with Gasteiger partial charge in [-0.1, -0.05) is 30.3 Å². The first-order valence-corrected chi connectivity index (χ1v) is 9.24. The lowest BCUT2D eigenvalue weighted by Crippen LogP contribution is -2.51. The topological polar surface area (TPSA) is 23.6 Å². The van der Waals surface area contributed by atoms with Crippen LogP contribution in [0, 0.1) is 0 Å². The lowest BCUT2D eigenvalue weighted by molar-refractivity contribution is -0.138. The van der Waals surface area contributed by atoms with Gasteiger partial charge >= 0.3 is 0 Å². The SMILES string of the molecule is C[C@@H]1CCC[C@H](C)N1C(=O)CN1CCC[C@H]1Cc1ccccc1. The summed E-state index contributed by atoms with van der Waals surface area (Å²) in [5.41, 5.74) is 1.39. The van der Waals surface area contributed by atoms with E-state index in [4.69, 9.17) is 0 Å². The van der Waals surface area contributed by atoms with Crippen LogP contribution in [0.1, 0.15) is 51.5 Å². The molecule has 1 aromatic rings. The molecule has 0 spiro atoms. The fourth-order valence-electron chi connectivity index (χ4n) is 4.39. The molecule has 3 rings (SSSR count). The summed E-state index contributed by atoms with van der Waals surface area (Å²) in [6, 6.07) is 12.0. The third-order valence-corrected chi connectivity index (χ3v) is 5.63. The van der Waals surface area contributed by atoms with Crippen molar-refractivity contribution in [2.24, 2.45) is 0 Å². The van der Waals surface area contributed by atoms with Crippen LogP contribution in [0.2, 0.25) is 0 Å². The van der Waals surface area contributed by atoms with Crippen molar-refractivity contribution < 1.29 is 4.79 Å². The van der Waals surface area contributed by atoms with Crippen molar-refractivity contribution in [3.63, 3.8) is 0 Å². The average molecular weight is 314 g/mol. The molecule has 2 aliphatic rings. The molecule has 3 heteroatoms. The van der Waals surface area contributed by atoms with E-state index in [1.165, 1.54) is 24.8 Å². The molecule has 0 saturated carbocycles. The van der Waals surface area contributed by atoms with E-state index in [9.17, 15) is 4.79 Å². The molecule has 126 valence electrons. The van der Waals surface area contributed by atoms with E-state index in [0.29, 0.717) is 30.6 Å². The number of hydrogen-bond donors (Lipinski definition) is 0. The first kappa shape index (κ1) is 16.5. The molecule has 2 aliphatic heterocycles. The molecule has 2 fully saturated rings. The Morgan fingerprint density at radius 1 is 1.04 bits per heavy atom. The largest absolute Gasteiger partial charge is 0.336 e. The predicted molar refractivity (Wildman–Crippen MR) is 94.4 cm³/mol. The number of benzene rings is 1. The van der Waals surface area contributed by atoms with E-state index < -0.39 is 0 Å². The van der Waals surface area contributed by atoms with E-state index in [2.05, 4.69) is 54.0 Å². The minimum absolute atomic E-state index is 0.338. The summed E-state index contributed by atoms with van der Waals surface area (Å²) >= 11 is 0. The second kappa shape index (κ2) is 7.48. The minimum atomic E-state index is 0.338. The van der Waals surface area contributed by atoms with E-state index in [0.717, 1.165) is 25.8 Å². The molecule has 2 saturated heterocycles. The van der Waals surface area contributed by atoms with Gasteiger partial charge in [-0.15, -0.1) is 0 Å². The second-order valence-electron chi connectivity index (χ2n) is 7.39. The number of hydrogen-bond acceptors (Lipinski definition) is 2. The second-order valence-corrected chi connectivity index (χ2v) is 7.39. The Kier molecular flexibility index (Phi) is 5.37. The first-order chi connectivity index (χ1) is 11.1. The van der Waals surface area contributed by atoms with Crippen molar-refractivity contribution in [2.75, 3.05) is 13.1 Å². The highest BCUT2D eigenvalue weighted by Crippen LogP contribution is 2.25. The summed E-state index contributed by atoms with van der Waals surface area (Å²) in [6.07, 6.45) is 7.07. The van der Waals surface area contributed by atoms with Gasteiger partial charge in [0.05, 0.1) is 6.54 Å². The normalized spacial score (nSPS) is 29.0. The van der Waals surface area contributed by atoms with Crippen LogP contribution in [0.25, 0.3) is 0 Å². The maximum absolute atomic E-state index is 12.9. The van der Waals surface area contributed by atoms with Crippen molar-refractivity contribution >= 4 is 5.91 Å². The Labute approximate surface area is 140 Å². The van der Waals surface area contributed by atoms with Gasteiger partial charge in [-0.3, -0.25) is 9.69 Å². The van der Waals surface area contributed by atoms with Gasteiger partial charge < -0.3 is 4.90 Å². The zero-order valence-corrected chi connectivity index (χ0v) is 14.6. The Balaban J connectivity index is 1.60. The molecule has 0 unspecified atom stereocenters. The van der Waals surface area contributed by atoms with Crippen molar-refractivity contribution in [2.45, 2.75) is 70.5 Å². The average Bonchev–Trinajstić information content (AvgIpc) is 2.95. The maximum atomic E-state index is 12.9. The van der Waals surface area contributed by atoms with Crippen LogP contribution in [-0.4, -0.2) is 46.9 Å². The number of carbonyl (C=O) groups excluding carboxylic acids is 1. The molecule has 2 heterocycles. The highest BCUT2D eigenvalue weighted by atomic mass is 16.2. The highest BCUT2D eigenvalue weighted by molar-refractivity contribution is 5.79.